The van der Waals surface area contributed by atoms with E-state index in [1.54, 1.807) is 0 Å². The van der Waals surface area contributed by atoms with Crippen LogP contribution in [-0.2, 0) is 13.0 Å². The number of rotatable bonds is 6. The molecule has 0 aliphatic rings. The number of aryl methyl sites for hydroxylation is 3. The molecule has 5 nitrogen and oxygen atoms in total. The van der Waals surface area contributed by atoms with Gasteiger partial charge >= 0.3 is 0 Å². The van der Waals surface area contributed by atoms with Crippen molar-refractivity contribution in [3.05, 3.63) is 41.0 Å². The first-order chi connectivity index (χ1) is 9.20. The van der Waals surface area contributed by atoms with Crippen molar-refractivity contribution in [3.63, 3.8) is 0 Å². The monoisotopic (exact) mass is 261 g/mol. The Morgan fingerprint density at radius 2 is 2.00 bits per heavy atom. The summed E-state index contributed by atoms with van der Waals surface area (Å²) in [5, 5.41) is 3.89. The van der Waals surface area contributed by atoms with Gasteiger partial charge in [0.05, 0.1) is 0 Å². The molecule has 1 aromatic heterocycles. The summed E-state index contributed by atoms with van der Waals surface area (Å²) in [5.74, 6) is 2.07. The Morgan fingerprint density at radius 3 is 2.68 bits per heavy atom. The van der Waals surface area contributed by atoms with Crippen LogP contribution in [0.3, 0.4) is 0 Å². The summed E-state index contributed by atoms with van der Waals surface area (Å²) in [5.41, 5.74) is 7.64. The molecule has 0 amide bonds. The van der Waals surface area contributed by atoms with E-state index in [1.807, 2.05) is 32.0 Å². The number of hydrogen-bond donors (Lipinski definition) is 1. The van der Waals surface area contributed by atoms with Gasteiger partial charge in [-0.1, -0.05) is 23.4 Å². The topological polar surface area (TPSA) is 74.2 Å². The maximum absolute atomic E-state index is 5.76. The van der Waals surface area contributed by atoms with Crippen LogP contribution < -0.4 is 10.5 Å². The molecule has 0 fully saturated rings. The second kappa shape index (κ2) is 6.33. The summed E-state index contributed by atoms with van der Waals surface area (Å²) in [6.45, 7) is 4.98. The molecular weight excluding hydrogens is 242 g/mol. The first kappa shape index (κ1) is 13.5. The van der Waals surface area contributed by atoms with Crippen molar-refractivity contribution in [1.29, 1.82) is 0 Å². The van der Waals surface area contributed by atoms with E-state index in [0.29, 0.717) is 31.3 Å². The van der Waals surface area contributed by atoms with E-state index in [-0.39, 0.29) is 0 Å². The lowest BCUT2D eigenvalue weighted by atomic mass is 10.1. The van der Waals surface area contributed by atoms with E-state index in [0.717, 1.165) is 23.3 Å². The van der Waals surface area contributed by atoms with Gasteiger partial charge in [-0.25, -0.2) is 0 Å². The molecule has 2 rings (SSSR count). The van der Waals surface area contributed by atoms with Crippen molar-refractivity contribution in [2.45, 2.75) is 33.3 Å². The standard InChI is InChI=1S/C14H19N3O2/c1-10-5-3-6-11(2)14(10)18-9-12-16-13(19-17-12)7-4-8-15/h3,5-6H,4,7-9,15H2,1-2H3. The number of nitrogens with two attached hydrogens (primary N) is 1. The van der Waals surface area contributed by atoms with Crippen molar-refractivity contribution >= 4 is 0 Å². The average molecular weight is 261 g/mol. The van der Waals surface area contributed by atoms with Crippen LogP contribution in [0.2, 0.25) is 0 Å². The van der Waals surface area contributed by atoms with Crippen LogP contribution in [0.4, 0.5) is 0 Å². The lowest BCUT2D eigenvalue weighted by molar-refractivity contribution is 0.281. The molecule has 0 unspecified atom stereocenters. The van der Waals surface area contributed by atoms with E-state index in [9.17, 15) is 0 Å². The lowest BCUT2D eigenvalue weighted by Crippen LogP contribution is -2.02. The Kier molecular flexibility index (Phi) is 4.52. The summed E-state index contributed by atoms with van der Waals surface area (Å²) in [7, 11) is 0. The van der Waals surface area contributed by atoms with Crippen LogP contribution in [0.25, 0.3) is 0 Å². The van der Waals surface area contributed by atoms with Gasteiger partial charge in [-0.3, -0.25) is 0 Å². The number of para-hydroxylation sites is 1. The fourth-order valence-electron chi connectivity index (χ4n) is 1.87. The molecule has 1 aromatic carbocycles. The summed E-state index contributed by atoms with van der Waals surface area (Å²) in [4.78, 5) is 4.26. The van der Waals surface area contributed by atoms with Gasteiger partial charge in [0, 0.05) is 6.42 Å². The number of benzene rings is 1. The van der Waals surface area contributed by atoms with Crippen LogP contribution in [-0.4, -0.2) is 16.7 Å². The Morgan fingerprint density at radius 1 is 1.26 bits per heavy atom. The quantitative estimate of drug-likeness (QED) is 0.862. The fraction of sp³-hybridized carbons (Fsp3) is 0.429. The van der Waals surface area contributed by atoms with Gasteiger partial charge in [-0.2, -0.15) is 4.98 Å². The maximum atomic E-state index is 5.76. The van der Waals surface area contributed by atoms with E-state index >= 15 is 0 Å². The van der Waals surface area contributed by atoms with Crippen LogP contribution >= 0.6 is 0 Å². The molecule has 0 aliphatic carbocycles. The Hall–Kier alpha value is -1.88. The van der Waals surface area contributed by atoms with Gasteiger partial charge in [0.15, 0.2) is 6.61 Å². The molecule has 0 bridgehead atoms. The normalized spacial score (nSPS) is 10.7. The Labute approximate surface area is 112 Å². The van der Waals surface area contributed by atoms with Gasteiger partial charge in [0.1, 0.15) is 5.75 Å². The molecule has 2 aromatic rings. The molecule has 0 atom stereocenters. The van der Waals surface area contributed by atoms with Crippen LogP contribution in [0.5, 0.6) is 5.75 Å². The van der Waals surface area contributed by atoms with Crippen LogP contribution in [0.1, 0.15) is 29.3 Å². The van der Waals surface area contributed by atoms with Crippen molar-refractivity contribution in [2.75, 3.05) is 6.54 Å². The van der Waals surface area contributed by atoms with Crippen molar-refractivity contribution in [2.24, 2.45) is 5.73 Å². The predicted molar refractivity (Wildman–Crippen MR) is 71.9 cm³/mol. The maximum Gasteiger partial charge on any atom is 0.226 e. The minimum atomic E-state index is 0.317. The number of aromatic nitrogens is 2. The number of nitrogens with zero attached hydrogens (tertiary/aromatic N) is 2. The summed E-state index contributed by atoms with van der Waals surface area (Å²) in [6.07, 6.45) is 1.56. The van der Waals surface area contributed by atoms with Crippen LogP contribution in [0, 0.1) is 13.8 Å². The zero-order chi connectivity index (χ0) is 13.7. The molecule has 19 heavy (non-hydrogen) atoms. The zero-order valence-corrected chi connectivity index (χ0v) is 11.3. The van der Waals surface area contributed by atoms with E-state index in [1.165, 1.54) is 0 Å². The molecule has 0 saturated carbocycles. The first-order valence-electron chi connectivity index (χ1n) is 6.41. The molecule has 2 N–H and O–H groups in total. The molecule has 5 heteroatoms. The molecule has 102 valence electrons. The number of hydrogen-bond acceptors (Lipinski definition) is 5. The van der Waals surface area contributed by atoms with Gasteiger partial charge in [-0.05, 0) is 37.9 Å². The Balaban J connectivity index is 1.97. The molecule has 1 heterocycles. The second-order valence-corrected chi connectivity index (χ2v) is 4.51. The summed E-state index contributed by atoms with van der Waals surface area (Å²) < 4.78 is 10.9. The minimum Gasteiger partial charge on any atom is -0.485 e. The SMILES string of the molecule is Cc1cccc(C)c1OCc1noc(CCCN)n1. The predicted octanol–water partition coefficient (Wildman–Crippen LogP) is 2.16. The van der Waals surface area contributed by atoms with E-state index in [2.05, 4.69) is 10.1 Å². The van der Waals surface area contributed by atoms with Crippen molar-refractivity contribution in [3.8, 4) is 5.75 Å². The number of ether oxygens (including phenoxy) is 1. The summed E-state index contributed by atoms with van der Waals surface area (Å²) in [6, 6.07) is 6.05. The highest BCUT2D eigenvalue weighted by molar-refractivity contribution is 5.39. The highest BCUT2D eigenvalue weighted by Crippen LogP contribution is 2.23. The molecule has 0 radical (unpaired) electrons. The Bertz CT molecular complexity index is 517. The lowest BCUT2D eigenvalue weighted by Gasteiger charge is -2.09. The van der Waals surface area contributed by atoms with Gasteiger partial charge < -0.3 is 15.0 Å². The van der Waals surface area contributed by atoms with E-state index in [4.69, 9.17) is 15.0 Å². The highest BCUT2D eigenvalue weighted by atomic mass is 16.5. The second-order valence-electron chi connectivity index (χ2n) is 4.51. The average Bonchev–Trinajstić information content (AvgIpc) is 2.84. The smallest absolute Gasteiger partial charge is 0.226 e. The third-order valence-corrected chi connectivity index (χ3v) is 2.86. The molecule has 0 aliphatic heterocycles. The molecule has 0 spiro atoms. The van der Waals surface area contributed by atoms with Crippen molar-refractivity contribution < 1.29 is 9.26 Å². The molecule has 0 saturated heterocycles. The van der Waals surface area contributed by atoms with Crippen molar-refractivity contribution in [1.82, 2.24) is 10.1 Å². The first-order valence-corrected chi connectivity index (χ1v) is 6.41. The van der Waals surface area contributed by atoms with Crippen LogP contribution in [0.15, 0.2) is 22.7 Å². The summed E-state index contributed by atoms with van der Waals surface area (Å²) >= 11 is 0. The van der Waals surface area contributed by atoms with Gasteiger partial charge in [-0.15, -0.1) is 0 Å². The highest BCUT2D eigenvalue weighted by Gasteiger charge is 2.08. The largest absolute Gasteiger partial charge is 0.485 e. The minimum absolute atomic E-state index is 0.317. The van der Waals surface area contributed by atoms with Gasteiger partial charge in [0.2, 0.25) is 11.7 Å². The third kappa shape index (κ3) is 3.54. The fourth-order valence-corrected chi connectivity index (χ4v) is 1.87. The van der Waals surface area contributed by atoms with E-state index < -0.39 is 0 Å². The third-order valence-electron chi connectivity index (χ3n) is 2.86. The zero-order valence-electron chi connectivity index (χ0n) is 11.3. The van der Waals surface area contributed by atoms with Gasteiger partial charge in [0.25, 0.3) is 0 Å². The molecular formula is C14H19N3O2.